The van der Waals surface area contributed by atoms with Crippen LogP contribution in [0.3, 0.4) is 0 Å². The van der Waals surface area contributed by atoms with Crippen molar-refractivity contribution in [2.45, 2.75) is 19.5 Å². The van der Waals surface area contributed by atoms with Gasteiger partial charge in [-0.2, -0.15) is 4.98 Å². The number of hydrogen-bond acceptors (Lipinski definition) is 6. The lowest BCUT2D eigenvalue weighted by Gasteiger charge is -2.14. The van der Waals surface area contributed by atoms with Crippen LogP contribution in [0.15, 0.2) is 59.3 Å². The maximum Gasteiger partial charge on any atom is 0.225 e. The summed E-state index contributed by atoms with van der Waals surface area (Å²) in [6.07, 6.45) is 3.46. The van der Waals surface area contributed by atoms with Crippen LogP contribution in [0, 0.1) is 0 Å². The molecule has 7 heteroatoms. The van der Waals surface area contributed by atoms with Gasteiger partial charge in [-0.25, -0.2) is 4.98 Å². The van der Waals surface area contributed by atoms with E-state index in [9.17, 15) is 5.11 Å². The Morgan fingerprint density at radius 3 is 2.62 bits per heavy atom. The number of halogens is 1. The number of benzene rings is 1. The van der Waals surface area contributed by atoms with Gasteiger partial charge in [0.15, 0.2) is 0 Å². The summed E-state index contributed by atoms with van der Waals surface area (Å²) >= 11 is 3.56. The number of hydrogen-bond donors (Lipinski definition) is 3. The summed E-state index contributed by atoms with van der Waals surface area (Å²) in [5, 5.41) is 15.7. The monoisotopic (exact) mass is 413 g/mol. The summed E-state index contributed by atoms with van der Waals surface area (Å²) in [6, 6.07) is 13.6. The molecule has 26 heavy (non-hydrogen) atoms. The van der Waals surface area contributed by atoms with Gasteiger partial charge in [0, 0.05) is 41.1 Å². The zero-order chi connectivity index (χ0) is 18.4. The molecule has 0 amide bonds. The molecule has 0 aliphatic carbocycles. The number of rotatable bonds is 7. The molecule has 2 heterocycles. The largest absolute Gasteiger partial charge is 0.394 e. The van der Waals surface area contributed by atoms with Gasteiger partial charge in [-0.1, -0.05) is 34.1 Å². The maximum absolute atomic E-state index is 9.29. The van der Waals surface area contributed by atoms with Gasteiger partial charge in [0.1, 0.15) is 5.82 Å². The van der Waals surface area contributed by atoms with Gasteiger partial charge < -0.3 is 15.7 Å². The molecular weight excluding hydrogens is 394 g/mol. The second kappa shape index (κ2) is 8.73. The van der Waals surface area contributed by atoms with E-state index in [1.54, 1.807) is 12.4 Å². The molecule has 134 valence electrons. The molecule has 3 rings (SSSR count). The van der Waals surface area contributed by atoms with Crippen molar-refractivity contribution in [3.8, 4) is 11.3 Å². The maximum atomic E-state index is 9.29. The van der Waals surface area contributed by atoms with Crippen LogP contribution in [0.25, 0.3) is 11.3 Å². The van der Waals surface area contributed by atoms with E-state index in [-0.39, 0.29) is 12.6 Å². The molecule has 2 aromatic heterocycles. The van der Waals surface area contributed by atoms with Crippen LogP contribution in [0.2, 0.25) is 0 Å². The average molecular weight is 414 g/mol. The molecule has 0 unspecified atom stereocenters. The Hall–Kier alpha value is -2.51. The number of aromatic nitrogens is 3. The highest BCUT2D eigenvalue weighted by atomic mass is 79.9. The van der Waals surface area contributed by atoms with Gasteiger partial charge in [0.2, 0.25) is 5.95 Å². The van der Waals surface area contributed by atoms with Crippen LogP contribution in [0.1, 0.15) is 12.5 Å². The van der Waals surface area contributed by atoms with Crippen molar-refractivity contribution in [1.82, 2.24) is 15.0 Å². The Kier molecular flexibility index (Phi) is 6.14. The predicted molar refractivity (Wildman–Crippen MR) is 107 cm³/mol. The number of aliphatic hydroxyl groups is 1. The van der Waals surface area contributed by atoms with Crippen LogP contribution < -0.4 is 10.6 Å². The van der Waals surface area contributed by atoms with E-state index in [0.717, 1.165) is 21.3 Å². The van der Waals surface area contributed by atoms with E-state index >= 15 is 0 Å². The topological polar surface area (TPSA) is 83.0 Å². The first-order valence-electron chi connectivity index (χ1n) is 8.30. The van der Waals surface area contributed by atoms with E-state index in [4.69, 9.17) is 0 Å². The van der Waals surface area contributed by atoms with Crippen LogP contribution in [0.4, 0.5) is 11.8 Å². The third kappa shape index (κ3) is 4.77. The smallest absolute Gasteiger partial charge is 0.225 e. The first-order valence-corrected chi connectivity index (χ1v) is 9.09. The van der Waals surface area contributed by atoms with Crippen LogP contribution in [-0.2, 0) is 6.54 Å². The molecule has 6 nitrogen and oxygen atoms in total. The summed E-state index contributed by atoms with van der Waals surface area (Å²) in [7, 11) is 0. The van der Waals surface area contributed by atoms with E-state index in [1.807, 2.05) is 43.3 Å². The third-order valence-electron chi connectivity index (χ3n) is 3.77. The van der Waals surface area contributed by atoms with Gasteiger partial charge in [0.05, 0.1) is 12.3 Å². The van der Waals surface area contributed by atoms with Crippen molar-refractivity contribution in [3.63, 3.8) is 0 Å². The first-order chi connectivity index (χ1) is 12.7. The average Bonchev–Trinajstić information content (AvgIpc) is 2.68. The highest BCUT2D eigenvalue weighted by Crippen LogP contribution is 2.22. The van der Waals surface area contributed by atoms with E-state index in [0.29, 0.717) is 18.3 Å². The minimum atomic E-state index is -0.140. The first kappa shape index (κ1) is 18.3. The number of nitrogens with zero attached hydrogens (tertiary/aromatic N) is 3. The second-order valence-electron chi connectivity index (χ2n) is 5.87. The highest BCUT2D eigenvalue weighted by molar-refractivity contribution is 9.10. The normalized spacial score (nSPS) is 11.8. The zero-order valence-corrected chi connectivity index (χ0v) is 15.9. The number of anilines is 2. The van der Waals surface area contributed by atoms with Crippen molar-refractivity contribution in [1.29, 1.82) is 0 Å². The number of pyridine rings is 1. The SMILES string of the molecule is C[C@H](CO)Nc1nc(NCc2ccccc2Br)cc(-c2ccncc2)n1. The Balaban J connectivity index is 1.88. The molecule has 3 N–H and O–H groups in total. The second-order valence-corrected chi connectivity index (χ2v) is 6.73. The molecule has 1 atom stereocenters. The Labute approximate surface area is 160 Å². The minimum absolute atomic E-state index is 0.00255. The van der Waals surface area contributed by atoms with Crippen LogP contribution in [-0.4, -0.2) is 32.7 Å². The van der Waals surface area contributed by atoms with Crippen molar-refractivity contribution in [2.24, 2.45) is 0 Å². The molecule has 0 bridgehead atoms. The van der Waals surface area contributed by atoms with E-state index in [2.05, 4.69) is 47.6 Å². The molecule has 3 aromatic rings. The van der Waals surface area contributed by atoms with Gasteiger partial charge in [-0.3, -0.25) is 4.98 Å². The molecule has 0 saturated carbocycles. The van der Waals surface area contributed by atoms with Crippen LogP contribution >= 0.6 is 15.9 Å². The fraction of sp³-hybridized carbons (Fsp3) is 0.211. The Morgan fingerprint density at radius 2 is 1.88 bits per heavy atom. The molecule has 0 aliphatic rings. The number of nitrogens with one attached hydrogen (secondary N) is 2. The Bertz CT molecular complexity index is 860. The van der Waals surface area contributed by atoms with Crippen molar-refractivity contribution in [3.05, 3.63) is 64.9 Å². The van der Waals surface area contributed by atoms with E-state index < -0.39 is 0 Å². The minimum Gasteiger partial charge on any atom is -0.394 e. The zero-order valence-electron chi connectivity index (χ0n) is 14.4. The summed E-state index contributed by atoms with van der Waals surface area (Å²) in [5.74, 6) is 1.17. The summed E-state index contributed by atoms with van der Waals surface area (Å²) in [6.45, 7) is 2.50. The quantitative estimate of drug-likeness (QED) is 0.547. The number of aliphatic hydroxyl groups excluding tert-OH is 1. The standard InChI is InChI=1S/C19H20BrN5O/c1-13(12-26)23-19-24-17(14-6-8-21-9-7-14)10-18(25-19)22-11-15-4-2-3-5-16(15)20/h2-10,13,26H,11-12H2,1H3,(H2,22,23,24,25)/t13-/m1/s1. The van der Waals surface area contributed by atoms with Gasteiger partial charge in [-0.15, -0.1) is 0 Å². The Morgan fingerprint density at radius 1 is 1.12 bits per heavy atom. The van der Waals surface area contributed by atoms with Gasteiger partial charge in [0.25, 0.3) is 0 Å². The summed E-state index contributed by atoms with van der Waals surface area (Å²) < 4.78 is 1.04. The predicted octanol–water partition coefficient (Wildman–Crippen LogP) is 3.71. The van der Waals surface area contributed by atoms with Gasteiger partial charge >= 0.3 is 0 Å². The summed E-state index contributed by atoms with van der Waals surface area (Å²) in [4.78, 5) is 13.1. The molecule has 1 aromatic carbocycles. The molecule has 0 spiro atoms. The van der Waals surface area contributed by atoms with Crippen LogP contribution in [0.5, 0.6) is 0 Å². The lowest BCUT2D eigenvalue weighted by atomic mass is 10.2. The van der Waals surface area contributed by atoms with Crippen molar-refractivity contribution >= 4 is 27.7 Å². The lowest BCUT2D eigenvalue weighted by molar-refractivity contribution is 0.281. The highest BCUT2D eigenvalue weighted by Gasteiger charge is 2.09. The third-order valence-corrected chi connectivity index (χ3v) is 4.54. The van der Waals surface area contributed by atoms with Crippen molar-refractivity contribution in [2.75, 3.05) is 17.2 Å². The lowest BCUT2D eigenvalue weighted by Crippen LogP contribution is -2.21. The molecule has 0 fully saturated rings. The van der Waals surface area contributed by atoms with E-state index in [1.165, 1.54) is 0 Å². The molecule has 0 aliphatic heterocycles. The van der Waals surface area contributed by atoms with Gasteiger partial charge in [-0.05, 0) is 30.7 Å². The fourth-order valence-corrected chi connectivity index (χ4v) is 2.79. The van der Waals surface area contributed by atoms with Crippen molar-refractivity contribution < 1.29 is 5.11 Å². The molecule has 0 saturated heterocycles. The molecular formula is C19H20BrN5O. The fourth-order valence-electron chi connectivity index (χ4n) is 2.37. The molecule has 0 radical (unpaired) electrons. The summed E-state index contributed by atoms with van der Waals surface area (Å²) in [5.41, 5.74) is 2.87.